The molecular formula is C12H13ClN4. The maximum Gasteiger partial charge on any atom is 0.158 e. The Labute approximate surface area is 105 Å². The van der Waals surface area contributed by atoms with Gasteiger partial charge in [0, 0.05) is 5.69 Å². The van der Waals surface area contributed by atoms with Crippen LogP contribution in [0.25, 0.3) is 5.82 Å². The van der Waals surface area contributed by atoms with Crippen molar-refractivity contribution < 1.29 is 0 Å². The van der Waals surface area contributed by atoms with Crippen molar-refractivity contribution in [3.63, 3.8) is 0 Å². The minimum atomic E-state index is 0.417. The van der Waals surface area contributed by atoms with E-state index in [2.05, 4.69) is 19.5 Å². The van der Waals surface area contributed by atoms with Crippen LogP contribution in [0.1, 0.15) is 30.1 Å². The van der Waals surface area contributed by atoms with Crippen molar-refractivity contribution in [2.75, 3.05) is 0 Å². The summed E-state index contributed by atoms with van der Waals surface area (Å²) >= 11 is 5.89. The fourth-order valence-electron chi connectivity index (χ4n) is 2.42. The molecule has 0 spiro atoms. The second-order valence-corrected chi connectivity index (χ2v) is 4.68. The molecule has 0 atom stereocenters. The Morgan fingerprint density at radius 3 is 2.82 bits per heavy atom. The highest BCUT2D eigenvalue weighted by Gasteiger charge is 2.19. The summed E-state index contributed by atoms with van der Waals surface area (Å²) in [5.74, 6) is 1.74. The number of nitrogens with zero attached hydrogens (tertiary/aromatic N) is 4. The van der Waals surface area contributed by atoms with Gasteiger partial charge in [-0.15, -0.1) is 0 Å². The maximum absolute atomic E-state index is 5.89. The van der Waals surface area contributed by atoms with E-state index in [9.17, 15) is 0 Å². The van der Waals surface area contributed by atoms with Gasteiger partial charge in [-0.25, -0.2) is 9.97 Å². The van der Waals surface area contributed by atoms with Crippen LogP contribution in [0.3, 0.4) is 0 Å². The van der Waals surface area contributed by atoms with Crippen molar-refractivity contribution in [3.05, 3.63) is 34.8 Å². The predicted molar refractivity (Wildman–Crippen MR) is 65.5 cm³/mol. The fraction of sp³-hybridized carbons (Fsp3) is 0.417. The Morgan fingerprint density at radius 2 is 2.00 bits per heavy atom. The third kappa shape index (κ3) is 1.82. The SMILES string of the molecule is Cc1nc2c(n1-c1cncc(Cl)n1)CCCC2. The van der Waals surface area contributed by atoms with Crippen LogP contribution in [0.4, 0.5) is 0 Å². The zero-order valence-electron chi connectivity index (χ0n) is 9.65. The molecule has 3 rings (SSSR count). The molecule has 2 aromatic heterocycles. The molecule has 0 amide bonds. The number of rotatable bonds is 1. The first-order valence-electron chi connectivity index (χ1n) is 5.81. The summed E-state index contributed by atoms with van der Waals surface area (Å²) in [6.07, 6.45) is 7.84. The second-order valence-electron chi connectivity index (χ2n) is 4.29. The fourth-order valence-corrected chi connectivity index (χ4v) is 2.56. The van der Waals surface area contributed by atoms with Crippen LogP contribution in [0.2, 0.25) is 5.15 Å². The molecule has 0 saturated heterocycles. The number of aryl methyl sites for hydroxylation is 2. The normalized spacial score (nSPS) is 14.7. The molecule has 2 heterocycles. The summed E-state index contributed by atoms with van der Waals surface area (Å²) in [5, 5.41) is 0.417. The molecular weight excluding hydrogens is 236 g/mol. The summed E-state index contributed by atoms with van der Waals surface area (Å²) in [7, 11) is 0. The molecule has 0 unspecified atom stereocenters. The van der Waals surface area contributed by atoms with Crippen LogP contribution in [0.15, 0.2) is 12.4 Å². The maximum atomic E-state index is 5.89. The zero-order chi connectivity index (χ0) is 11.8. The van der Waals surface area contributed by atoms with Crippen LogP contribution in [-0.2, 0) is 12.8 Å². The minimum absolute atomic E-state index is 0.417. The number of aromatic nitrogens is 4. The molecule has 2 aromatic rings. The van der Waals surface area contributed by atoms with Crippen molar-refractivity contribution in [1.82, 2.24) is 19.5 Å². The summed E-state index contributed by atoms with van der Waals surface area (Å²) < 4.78 is 2.08. The molecule has 4 nitrogen and oxygen atoms in total. The van der Waals surface area contributed by atoms with E-state index in [1.165, 1.54) is 24.2 Å². The lowest BCUT2D eigenvalue weighted by Crippen LogP contribution is -2.09. The van der Waals surface area contributed by atoms with E-state index < -0.39 is 0 Å². The second kappa shape index (κ2) is 4.11. The first kappa shape index (κ1) is 10.7. The first-order chi connectivity index (χ1) is 8.25. The molecule has 17 heavy (non-hydrogen) atoms. The van der Waals surface area contributed by atoms with Gasteiger partial charge < -0.3 is 0 Å². The number of hydrogen-bond acceptors (Lipinski definition) is 3. The van der Waals surface area contributed by atoms with Crippen molar-refractivity contribution >= 4 is 11.6 Å². The molecule has 0 radical (unpaired) electrons. The molecule has 0 N–H and O–H groups in total. The Bertz CT molecular complexity index is 562. The monoisotopic (exact) mass is 248 g/mol. The van der Waals surface area contributed by atoms with Crippen molar-refractivity contribution in [2.45, 2.75) is 32.6 Å². The van der Waals surface area contributed by atoms with E-state index in [4.69, 9.17) is 11.6 Å². The number of halogens is 1. The zero-order valence-corrected chi connectivity index (χ0v) is 10.4. The molecule has 0 saturated carbocycles. The van der Waals surface area contributed by atoms with Gasteiger partial charge in [0.05, 0.1) is 18.1 Å². The number of hydrogen-bond donors (Lipinski definition) is 0. The third-order valence-corrected chi connectivity index (χ3v) is 3.30. The smallest absolute Gasteiger partial charge is 0.158 e. The van der Waals surface area contributed by atoms with Crippen LogP contribution in [0, 0.1) is 6.92 Å². The highest BCUT2D eigenvalue weighted by molar-refractivity contribution is 6.29. The average molecular weight is 249 g/mol. The van der Waals surface area contributed by atoms with Crippen molar-refractivity contribution in [3.8, 4) is 5.82 Å². The van der Waals surface area contributed by atoms with Crippen molar-refractivity contribution in [2.24, 2.45) is 0 Å². The van der Waals surface area contributed by atoms with Gasteiger partial charge in [0.2, 0.25) is 0 Å². The van der Waals surface area contributed by atoms with E-state index in [1.54, 1.807) is 12.4 Å². The number of fused-ring (bicyclic) bond motifs is 1. The molecule has 0 aliphatic heterocycles. The van der Waals surface area contributed by atoms with Crippen LogP contribution < -0.4 is 0 Å². The quantitative estimate of drug-likeness (QED) is 0.779. The molecule has 1 aliphatic carbocycles. The molecule has 0 fully saturated rings. The highest BCUT2D eigenvalue weighted by Crippen LogP contribution is 2.24. The molecule has 88 valence electrons. The molecule has 1 aliphatic rings. The van der Waals surface area contributed by atoms with E-state index in [1.807, 2.05) is 6.92 Å². The Morgan fingerprint density at radius 1 is 1.18 bits per heavy atom. The largest absolute Gasteiger partial charge is 0.283 e. The minimum Gasteiger partial charge on any atom is -0.283 e. The third-order valence-electron chi connectivity index (χ3n) is 3.12. The van der Waals surface area contributed by atoms with E-state index in [0.29, 0.717) is 5.15 Å². The van der Waals surface area contributed by atoms with Gasteiger partial charge in [0.1, 0.15) is 11.0 Å². The Hall–Kier alpha value is -1.42. The Kier molecular flexibility index (Phi) is 2.59. The summed E-state index contributed by atoms with van der Waals surface area (Å²) in [6.45, 7) is 2.00. The van der Waals surface area contributed by atoms with E-state index in [0.717, 1.165) is 24.5 Å². The summed E-state index contributed by atoms with van der Waals surface area (Å²) in [6, 6.07) is 0. The van der Waals surface area contributed by atoms with Gasteiger partial charge >= 0.3 is 0 Å². The number of imidazole rings is 1. The molecule has 0 aromatic carbocycles. The standard InChI is InChI=1S/C12H13ClN4/c1-8-15-9-4-2-3-5-10(9)17(8)12-7-14-6-11(13)16-12/h6-7H,2-5H2,1H3. The first-order valence-corrected chi connectivity index (χ1v) is 6.18. The summed E-state index contributed by atoms with van der Waals surface area (Å²) in [5.41, 5.74) is 2.47. The average Bonchev–Trinajstić information content (AvgIpc) is 2.64. The van der Waals surface area contributed by atoms with Gasteiger partial charge in [0.15, 0.2) is 5.82 Å². The topological polar surface area (TPSA) is 43.6 Å². The van der Waals surface area contributed by atoms with Crippen molar-refractivity contribution in [1.29, 1.82) is 0 Å². The van der Waals surface area contributed by atoms with Gasteiger partial charge in [-0.05, 0) is 32.6 Å². The van der Waals surface area contributed by atoms with Gasteiger partial charge in [-0.1, -0.05) is 11.6 Å². The van der Waals surface area contributed by atoms with Crippen LogP contribution in [-0.4, -0.2) is 19.5 Å². The van der Waals surface area contributed by atoms with Gasteiger partial charge in [-0.3, -0.25) is 9.55 Å². The highest BCUT2D eigenvalue weighted by atomic mass is 35.5. The lowest BCUT2D eigenvalue weighted by Gasteiger charge is -2.13. The van der Waals surface area contributed by atoms with Gasteiger partial charge in [0.25, 0.3) is 0 Å². The molecule has 0 bridgehead atoms. The van der Waals surface area contributed by atoms with E-state index >= 15 is 0 Å². The summed E-state index contributed by atoms with van der Waals surface area (Å²) in [4.78, 5) is 13.0. The predicted octanol–water partition coefficient (Wildman–Crippen LogP) is 2.50. The lowest BCUT2D eigenvalue weighted by atomic mass is 10.0. The van der Waals surface area contributed by atoms with Gasteiger partial charge in [-0.2, -0.15) is 0 Å². The lowest BCUT2D eigenvalue weighted by molar-refractivity contribution is 0.653. The van der Waals surface area contributed by atoms with Crippen LogP contribution >= 0.6 is 11.6 Å². The van der Waals surface area contributed by atoms with Crippen LogP contribution in [0.5, 0.6) is 0 Å². The Balaban J connectivity index is 2.17. The van der Waals surface area contributed by atoms with E-state index in [-0.39, 0.29) is 0 Å². The molecule has 5 heteroatoms.